The number of aliphatic imine (C=N–C) groups is 1. The maximum absolute atomic E-state index is 13.3. The van der Waals surface area contributed by atoms with E-state index in [-0.39, 0.29) is 17.8 Å². The maximum atomic E-state index is 13.3. The third-order valence-electron chi connectivity index (χ3n) is 2.66. The van der Waals surface area contributed by atoms with Crippen LogP contribution in [-0.2, 0) is 4.79 Å². The summed E-state index contributed by atoms with van der Waals surface area (Å²) in [6.45, 7) is 3.59. The SMILES string of the molecule is CCC1N=C(c2ccc(C)c(F)c2)NC1=O. The molecule has 0 radical (unpaired) electrons. The molecule has 0 aromatic heterocycles. The molecule has 1 aromatic rings. The van der Waals surface area contributed by atoms with E-state index in [0.717, 1.165) is 0 Å². The molecule has 0 spiro atoms. The highest BCUT2D eigenvalue weighted by atomic mass is 19.1. The summed E-state index contributed by atoms with van der Waals surface area (Å²) in [7, 11) is 0. The Hall–Kier alpha value is -1.71. The molecule has 1 heterocycles. The van der Waals surface area contributed by atoms with Crippen molar-refractivity contribution in [2.75, 3.05) is 0 Å². The number of benzene rings is 1. The largest absolute Gasteiger partial charge is 0.309 e. The van der Waals surface area contributed by atoms with Gasteiger partial charge in [0.05, 0.1) is 0 Å². The van der Waals surface area contributed by atoms with Crippen molar-refractivity contribution < 1.29 is 9.18 Å². The Balaban J connectivity index is 2.32. The van der Waals surface area contributed by atoms with Crippen LogP contribution >= 0.6 is 0 Å². The number of carbonyl (C=O) groups is 1. The predicted molar refractivity (Wildman–Crippen MR) is 59.9 cm³/mol. The highest BCUT2D eigenvalue weighted by Crippen LogP contribution is 2.13. The summed E-state index contributed by atoms with van der Waals surface area (Å²) in [4.78, 5) is 15.6. The number of nitrogens with zero attached hydrogens (tertiary/aromatic N) is 1. The third kappa shape index (κ3) is 1.83. The average molecular weight is 220 g/mol. The lowest BCUT2D eigenvalue weighted by atomic mass is 10.1. The van der Waals surface area contributed by atoms with Gasteiger partial charge in [0.2, 0.25) is 5.91 Å². The van der Waals surface area contributed by atoms with Crippen LogP contribution in [0.5, 0.6) is 0 Å². The highest BCUT2D eigenvalue weighted by molar-refractivity contribution is 6.13. The molecule has 0 saturated carbocycles. The summed E-state index contributed by atoms with van der Waals surface area (Å²) < 4.78 is 13.3. The first kappa shape index (κ1) is 10.8. The third-order valence-corrected chi connectivity index (χ3v) is 2.66. The quantitative estimate of drug-likeness (QED) is 0.811. The van der Waals surface area contributed by atoms with E-state index in [0.29, 0.717) is 23.4 Å². The molecule has 1 atom stereocenters. The fourth-order valence-corrected chi connectivity index (χ4v) is 1.61. The summed E-state index contributed by atoms with van der Waals surface area (Å²) in [5.74, 6) is 0.0728. The number of amides is 1. The molecular formula is C12H13FN2O. The van der Waals surface area contributed by atoms with Crippen molar-refractivity contribution in [3.63, 3.8) is 0 Å². The van der Waals surface area contributed by atoms with Crippen LogP contribution in [0.15, 0.2) is 23.2 Å². The minimum atomic E-state index is -0.334. The van der Waals surface area contributed by atoms with Gasteiger partial charge >= 0.3 is 0 Å². The Morgan fingerprint density at radius 2 is 2.25 bits per heavy atom. The topological polar surface area (TPSA) is 41.5 Å². The fraction of sp³-hybridized carbons (Fsp3) is 0.333. The van der Waals surface area contributed by atoms with Gasteiger partial charge in [0.25, 0.3) is 0 Å². The predicted octanol–water partition coefficient (Wildman–Crippen LogP) is 1.79. The molecule has 16 heavy (non-hydrogen) atoms. The summed E-state index contributed by atoms with van der Waals surface area (Å²) >= 11 is 0. The van der Waals surface area contributed by atoms with Crippen LogP contribution in [0.25, 0.3) is 0 Å². The Bertz CT molecular complexity index is 468. The summed E-state index contributed by atoms with van der Waals surface area (Å²) in [6.07, 6.45) is 0.656. The number of halogens is 1. The van der Waals surface area contributed by atoms with E-state index >= 15 is 0 Å². The summed E-state index contributed by atoms with van der Waals surface area (Å²) in [6, 6.07) is 4.50. The van der Waals surface area contributed by atoms with Gasteiger partial charge in [0.1, 0.15) is 17.7 Å². The van der Waals surface area contributed by atoms with Crippen LogP contribution in [0.4, 0.5) is 4.39 Å². The van der Waals surface area contributed by atoms with Crippen LogP contribution in [-0.4, -0.2) is 17.8 Å². The van der Waals surface area contributed by atoms with E-state index in [9.17, 15) is 9.18 Å². The summed E-state index contributed by atoms with van der Waals surface area (Å²) in [5.41, 5.74) is 1.20. The number of nitrogens with one attached hydrogen (secondary N) is 1. The van der Waals surface area contributed by atoms with Crippen LogP contribution in [0.3, 0.4) is 0 Å². The minimum absolute atomic E-state index is 0.113. The second kappa shape index (κ2) is 4.04. The van der Waals surface area contributed by atoms with Crippen molar-refractivity contribution in [1.29, 1.82) is 0 Å². The molecule has 0 saturated heterocycles. The van der Waals surface area contributed by atoms with Crippen molar-refractivity contribution in [3.05, 3.63) is 35.1 Å². The van der Waals surface area contributed by atoms with Gasteiger partial charge in [-0.2, -0.15) is 0 Å². The summed E-state index contributed by atoms with van der Waals surface area (Å²) in [5, 5.41) is 2.66. The molecule has 3 nitrogen and oxygen atoms in total. The molecule has 0 fully saturated rings. The fourth-order valence-electron chi connectivity index (χ4n) is 1.61. The van der Waals surface area contributed by atoms with E-state index < -0.39 is 0 Å². The molecule has 0 aliphatic carbocycles. The van der Waals surface area contributed by atoms with Gasteiger partial charge in [-0.05, 0) is 25.0 Å². The van der Waals surface area contributed by atoms with Crippen molar-refractivity contribution in [2.45, 2.75) is 26.3 Å². The van der Waals surface area contributed by atoms with Gasteiger partial charge in [-0.1, -0.05) is 19.1 Å². The number of rotatable bonds is 2. The van der Waals surface area contributed by atoms with E-state index in [4.69, 9.17) is 0 Å². The number of aryl methyl sites for hydroxylation is 1. The molecule has 1 N–H and O–H groups in total. The Morgan fingerprint density at radius 3 is 2.81 bits per heavy atom. The van der Waals surface area contributed by atoms with E-state index in [1.165, 1.54) is 6.07 Å². The number of carbonyl (C=O) groups excluding carboxylic acids is 1. The van der Waals surface area contributed by atoms with Gasteiger partial charge < -0.3 is 5.32 Å². The van der Waals surface area contributed by atoms with Crippen LogP contribution in [0, 0.1) is 12.7 Å². The zero-order valence-corrected chi connectivity index (χ0v) is 9.25. The Morgan fingerprint density at radius 1 is 1.50 bits per heavy atom. The first-order valence-corrected chi connectivity index (χ1v) is 5.27. The lowest BCUT2D eigenvalue weighted by molar-refractivity contribution is -0.120. The van der Waals surface area contributed by atoms with E-state index in [2.05, 4.69) is 10.3 Å². The molecule has 0 bridgehead atoms. The lowest BCUT2D eigenvalue weighted by Crippen LogP contribution is -2.28. The zero-order valence-electron chi connectivity index (χ0n) is 9.25. The maximum Gasteiger partial charge on any atom is 0.250 e. The van der Waals surface area contributed by atoms with Crippen LogP contribution < -0.4 is 5.32 Å². The second-order valence-electron chi connectivity index (χ2n) is 3.85. The number of hydrogen-bond acceptors (Lipinski definition) is 2. The molecule has 1 unspecified atom stereocenters. The molecule has 1 aromatic carbocycles. The molecule has 84 valence electrons. The molecule has 1 aliphatic heterocycles. The van der Waals surface area contributed by atoms with E-state index in [1.807, 2.05) is 6.92 Å². The average Bonchev–Trinajstić information content (AvgIpc) is 2.64. The zero-order chi connectivity index (χ0) is 11.7. The first-order chi connectivity index (χ1) is 7.61. The number of hydrogen-bond donors (Lipinski definition) is 1. The normalized spacial score (nSPS) is 19.6. The molecule has 1 aliphatic rings. The van der Waals surface area contributed by atoms with Crippen molar-refractivity contribution >= 4 is 11.7 Å². The smallest absolute Gasteiger partial charge is 0.250 e. The highest BCUT2D eigenvalue weighted by Gasteiger charge is 2.25. The lowest BCUT2D eigenvalue weighted by Gasteiger charge is -2.02. The van der Waals surface area contributed by atoms with Gasteiger partial charge in [0.15, 0.2) is 0 Å². The van der Waals surface area contributed by atoms with E-state index in [1.54, 1.807) is 19.1 Å². The first-order valence-electron chi connectivity index (χ1n) is 5.27. The molecule has 1 amide bonds. The monoisotopic (exact) mass is 220 g/mol. The standard InChI is InChI=1S/C12H13FN2O/c1-3-10-12(16)15-11(14-10)8-5-4-7(2)9(13)6-8/h4-6,10H,3H2,1-2H3,(H,14,15,16). The van der Waals surface area contributed by atoms with Gasteiger partial charge in [-0.3, -0.25) is 9.79 Å². The Labute approximate surface area is 93.4 Å². The van der Waals surface area contributed by atoms with Crippen LogP contribution in [0.2, 0.25) is 0 Å². The van der Waals surface area contributed by atoms with Crippen molar-refractivity contribution in [3.8, 4) is 0 Å². The minimum Gasteiger partial charge on any atom is -0.309 e. The van der Waals surface area contributed by atoms with Crippen molar-refractivity contribution in [1.82, 2.24) is 5.32 Å². The van der Waals surface area contributed by atoms with Crippen LogP contribution in [0.1, 0.15) is 24.5 Å². The van der Waals surface area contributed by atoms with Gasteiger partial charge in [-0.15, -0.1) is 0 Å². The van der Waals surface area contributed by atoms with Gasteiger partial charge in [0, 0.05) is 5.56 Å². The second-order valence-corrected chi connectivity index (χ2v) is 3.85. The molecule has 4 heteroatoms. The number of amidine groups is 1. The van der Waals surface area contributed by atoms with Crippen molar-refractivity contribution in [2.24, 2.45) is 4.99 Å². The Kier molecular flexibility index (Phi) is 2.73. The molecular weight excluding hydrogens is 207 g/mol. The molecule has 2 rings (SSSR count). The van der Waals surface area contributed by atoms with Gasteiger partial charge in [-0.25, -0.2) is 4.39 Å².